The Bertz CT molecular complexity index is 587. The number of anilines is 1. The first kappa shape index (κ1) is 13.8. The Balaban J connectivity index is 2.12. The fourth-order valence-corrected chi connectivity index (χ4v) is 1.77. The highest BCUT2D eigenvalue weighted by Crippen LogP contribution is 2.21. The second kappa shape index (κ2) is 6.53. The van der Waals surface area contributed by atoms with Gasteiger partial charge in [-0.05, 0) is 17.7 Å². The molecule has 2 rings (SSSR count). The Kier molecular flexibility index (Phi) is 4.51. The standard InChI is InChI=1S/C15H16N4O/c1-19(9-3-8-16)15-17-10-13(11-18-15)12-4-6-14(20-2)7-5-12/h4-7,10-11H,3,9H2,1-2H3. The number of ether oxygens (including phenoxy) is 1. The van der Waals surface area contributed by atoms with Crippen LogP contribution >= 0.6 is 0 Å². The molecule has 5 nitrogen and oxygen atoms in total. The first-order valence-electron chi connectivity index (χ1n) is 6.29. The lowest BCUT2D eigenvalue weighted by Crippen LogP contribution is -2.20. The molecule has 1 aromatic carbocycles. The van der Waals surface area contributed by atoms with E-state index in [9.17, 15) is 0 Å². The van der Waals surface area contributed by atoms with Crippen LogP contribution in [-0.4, -0.2) is 30.7 Å². The van der Waals surface area contributed by atoms with Gasteiger partial charge in [-0.1, -0.05) is 12.1 Å². The monoisotopic (exact) mass is 268 g/mol. The Hall–Kier alpha value is -2.61. The van der Waals surface area contributed by atoms with Crippen LogP contribution in [0.5, 0.6) is 5.75 Å². The van der Waals surface area contributed by atoms with Gasteiger partial charge in [0, 0.05) is 31.5 Å². The van der Waals surface area contributed by atoms with Crippen molar-refractivity contribution in [2.45, 2.75) is 6.42 Å². The van der Waals surface area contributed by atoms with Gasteiger partial charge in [0.1, 0.15) is 5.75 Å². The molecule has 0 N–H and O–H groups in total. The predicted molar refractivity (Wildman–Crippen MR) is 77.5 cm³/mol. The summed E-state index contributed by atoms with van der Waals surface area (Å²) in [6.45, 7) is 0.623. The molecule has 5 heteroatoms. The molecule has 0 fully saturated rings. The van der Waals surface area contributed by atoms with Crippen molar-refractivity contribution in [1.29, 1.82) is 5.26 Å². The molecule has 0 aliphatic carbocycles. The molecular formula is C15H16N4O. The zero-order valence-electron chi connectivity index (χ0n) is 11.6. The van der Waals surface area contributed by atoms with Crippen LogP contribution in [0.25, 0.3) is 11.1 Å². The summed E-state index contributed by atoms with van der Waals surface area (Å²) < 4.78 is 5.13. The van der Waals surface area contributed by atoms with Crippen molar-refractivity contribution in [1.82, 2.24) is 9.97 Å². The molecule has 0 radical (unpaired) electrons. The van der Waals surface area contributed by atoms with Crippen LogP contribution in [0, 0.1) is 11.3 Å². The molecule has 1 heterocycles. The molecule has 0 saturated heterocycles. The van der Waals surface area contributed by atoms with Crippen LogP contribution in [0.1, 0.15) is 6.42 Å². The Morgan fingerprint density at radius 3 is 2.35 bits per heavy atom. The quantitative estimate of drug-likeness (QED) is 0.833. The van der Waals surface area contributed by atoms with Crippen LogP contribution in [0.4, 0.5) is 5.95 Å². The van der Waals surface area contributed by atoms with Gasteiger partial charge in [0.05, 0.1) is 19.6 Å². The Labute approximate surface area is 118 Å². The molecule has 0 aliphatic heterocycles. The third-order valence-electron chi connectivity index (χ3n) is 2.96. The van der Waals surface area contributed by atoms with E-state index in [2.05, 4.69) is 16.0 Å². The van der Waals surface area contributed by atoms with Crippen LogP contribution in [0.2, 0.25) is 0 Å². The van der Waals surface area contributed by atoms with Gasteiger partial charge in [0.25, 0.3) is 0 Å². The number of hydrogen-bond acceptors (Lipinski definition) is 5. The Morgan fingerprint density at radius 1 is 1.15 bits per heavy atom. The number of hydrogen-bond donors (Lipinski definition) is 0. The average molecular weight is 268 g/mol. The topological polar surface area (TPSA) is 62.0 Å². The molecule has 0 aliphatic rings. The summed E-state index contributed by atoms with van der Waals surface area (Å²) in [5.74, 6) is 1.44. The van der Waals surface area contributed by atoms with Gasteiger partial charge in [0.2, 0.25) is 5.95 Å². The zero-order chi connectivity index (χ0) is 14.4. The minimum absolute atomic E-state index is 0.458. The normalized spacial score (nSPS) is 9.85. The third-order valence-corrected chi connectivity index (χ3v) is 2.96. The van der Waals surface area contributed by atoms with Crippen molar-refractivity contribution in [2.24, 2.45) is 0 Å². The van der Waals surface area contributed by atoms with Crippen molar-refractivity contribution in [3.05, 3.63) is 36.7 Å². The number of benzene rings is 1. The Morgan fingerprint density at radius 2 is 1.80 bits per heavy atom. The van der Waals surface area contributed by atoms with Gasteiger partial charge in [-0.25, -0.2) is 9.97 Å². The molecule has 20 heavy (non-hydrogen) atoms. The number of nitrogens with zero attached hydrogens (tertiary/aromatic N) is 4. The smallest absolute Gasteiger partial charge is 0.225 e. The second-order valence-electron chi connectivity index (χ2n) is 4.33. The van der Waals surface area contributed by atoms with Crippen LogP contribution in [0.15, 0.2) is 36.7 Å². The molecule has 0 spiro atoms. The highest BCUT2D eigenvalue weighted by molar-refractivity contribution is 5.62. The average Bonchev–Trinajstić information content (AvgIpc) is 2.53. The maximum atomic E-state index is 8.57. The summed E-state index contributed by atoms with van der Waals surface area (Å²) in [6.07, 6.45) is 4.03. The van der Waals surface area contributed by atoms with E-state index in [1.165, 1.54) is 0 Å². The lowest BCUT2D eigenvalue weighted by atomic mass is 10.1. The van der Waals surface area contributed by atoms with Gasteiger partial charge in [-0.15, -0.1) is 0 Å². The van der Waals surface area contributed by atoms with Gasteiger partial charge >= 0.3 is 0 Å². The van der Waals surface area contributed by atoms with Crippen molar-refractivity contribution >= 4 is 5.95 Å². The van der Waals surface area contributed by atoms with E-state index < -0.39 is 0 Å². The summed E-state index contributed by atoms with van der Waals surface area (Å²) >= 11 is 0. The number of rotatable bonds is 5. The molecular weight excluding hydrogens is 252 g/mol. The fraction of sp³-hybridized carbons (Fsp3) is 0.267. The molecule has 0 bridgehead atoms. The van der Waals surface area contributed by atoms with E-state index >= 15 is 0 Å². The lowest BCUT2D eigenvalue weighted by Gasteiger charge is -2.15. The molecule has 1 aromatic heterocycles. The first-order valence-corrected chi connectivity index (χ1v) is 6.29. The van der Waals surface area contributed by atoms with E-state index in [0.29, 0.717) is 18.9 Å². The molecule has 102 valence electrons. The summed E-state index contributed by atoms with van der Waals surface area (Å²) in [4.78, 5) is 10.5. The summed E-state index contributed by atoms with van der Waals surface area (Å²) in [7, 11) is 3.52. The minimum Gasteiger partial charge on any atom is -0.497 e. The largest absolute Gasteiger partial charge is 0.497 e. The number of methoxy groups -OCH3 is 1. The highest BCUT2D eigenvalue weighted by atomic mass is 16.5. The minimum atomic E-state index is 0.458. The number of aromatic nitrogens is 2. The van der Waals surface area contributed by atoms with Gasteiger partial charge in [-0.2, -0.15) is 5.26 Å². The van der Waals surface area contributed by atoms with Crippen molar-refractivity contribution in [3.8, 4) is 22.9 Å². The maximum absolute atomic E-state index is 8.57. The first-order chi connectivity index (χ1) is 9.74. The van der Waals surface area contributed by atoms with Crippen molar-refractivity contribution in [3.63, 3.8) is 0 Å². The molecule has 0 unspecified atom stereocenters. The van der Waals surface area contributed by atoms with E-state index in [4.69, 9.17) is 10.00 Å². The van der Waals surface area contributed by atoms with Crippen LogP contribution < -0.4 is 9.64 Å². The van der Waals surface area contributed by atoms with Crippen LogP contribution in [0.3, 0.4) is 0 Å². The predicted octanol–water partition coefficient (Wildman–Crippen LogP) is 2.50. The van der Waals surface area contributed by atoms with E-state index in [-0.39, 0.29) is 0 Å². The highest BCUT2D eigenvalue weighted by Gasteiger charge is 2.05. The summed E-state index contributed by atoms with van der Waals surface area (Å²) in [6, 6.07) is 9.86. The summed E-state index contributed by atoms with van der Waals surface area (Å²) in [5.41, 5.74) is 1.99. The zero-order valence-corrected chi connectivity index (χ0v) is 11.6. The van der Waals surface area contributed by atoms with Gasteiger partial charge in [0.15, 0.2) is 0 Å². The third kappa shape index (κ3) is 3.23. The summed E-state index contributed by atoms with van der Waals surface area (Å²) in [5, 5.41) is 8.57. The van der Waals surface area contributed by atoms with Gasteiger partial charge in [-0.3, -0.25) is 0 Å². The molecule has 0 atom stereocenters. The van der Waals surface area contributed by atoms with Gasteiger partial charge < -0.3 is 9.64 Å². The number of nitriles is 1. The van der Waals surface area contributed by atoms with Crippen molar-refractivity contribution in [2.75, 3.05) is 25.6 Å². The van der Waals surface area contributed by atoms with Crippen LogP contribution in [-0.2, 0) is 0 Å². The second-order valence-corrected chi connectivity index (χ2v) is 4.33. The lowest BCUT2D eigenvalue weighted by molar-refractivity contribution is 0.415. The van der Waals surface area contributed by atoms with E-state index in [0.717, 1.165) is 16.9 Å². The fourth-order valence-electron chi connectivity index (χ4n) is 1.77. The SMILES string of the molecule is COc1ccc(-c2cnc(N(C)CCC#N)nc2)cc1. The molecule has 0 amide bonds. The molecule has 2 aromatic rings. The maximum Gasteiger partial charge on any atom is 0.225 e. The molecule has 0 saturated carbocycles. The van der Waals surface area contributed by atoms with E-state index in [1.54, 1.807) is 19.5 Å². The van der Waals surface area contributed by atoms with Crippen molar-refractivity contribution < 1.29 is 4.74 Å². The van der Waals surface area contributed by atoms with E-state index in [1.807, 2.05) is 36.2 Å².